The zero-order chi connectivity index (χ0) is 11.5. The van der Waals surface area contributed by atoms with E-state index >= 15 is 0 Å². The van der Waals surface area contributed by atoms with Gasteiger partial charge in [-0.15, -0.1) is 0 Å². The van der Waals surface area contributed by atoms with Gasteiger partial charge in [-0.05, 0) is 25.7 Å². The monoisotopic (exact) mass is 212 g/mol. The molecule has 1 fully saturated rings. The molecule has 1 aliphatic rings. The summed E-state index contributed by atoms with van der Waals surface area (Å²) in [6.45, 7) is 6.10. The standard InChI is InChI=1S/C12H24N2O/c1-9(2)10(13)11(15)14-12(3)7-5-4-6-8-12/h9-10H,4-8,13H2,1-3H3,(H,14,15)/t10-/m0/s1. The van der Waals surface area contributed by atoms with E-state index in [1.54, 1.807) is 0 Å². The van der Waals surface area contributed by atoms with Crippen LogP contribution in [0, 0.1) is 5.92 Å². The van der Waals surface area contributed by atoms with Crippen LogP contribution in [0.4, 0.5) is 0 Å². The summed E-state index contributed by atoms with van der Waals surface area (Å²) in [4.78, 5) is 11.8. The van der Waals surface area contributed by atoms with Crippen molar-refractivity contribution in [2.24, 2.45) is 11.7 Å². The number of carbonyl (C=O) groups is 1. The highest BCUT2D eigenvalue weighted by molar-refractivity contribution is 5.82. The second-order valence-corrected chi connectivity index (χ2v) is 5.38. The molecule has 1 amide bonds. The zero-order valence-corrected chi connectivity index (χ0v) is 10.2. The number of rotatable bonds is 3. The van der Waals surface area contributed by atoms with Crippen LogP contribution in [-0.4, -0.2) is 17.5 Å². The molecule has 0 unspecified atom stereocenters. The first-order chi connectivity index (χ1) is 6.94. The zero-order valence-electron chi connectivity index (χ0n) is 10.2. The largest absolute Gasteiger partial charge is 0.350 e. The van der Waals surface area contributed by atoms with Gasteiger partial charge in [-0.2, -0.15) is 0 Å². The molecule has 0 saturated heterocycles. The van der Waals surface area contributed by atoms with Crippen molar-refractivity contribution < 1.29 is 4.79 Å². The Bertz CT molecular complexity index is 220. The molecule has 0 radical (unpaired) electrons. The van der Waals surface area contributed by atoms with Gasteiger partial charge in [0.25, 0.3) is 0 Å². The maximum Gasteiger partial charge on any atom is 0.237 e. The Balaban J connectivity index is 2.49. The topological polar surface area (TPSA) is 55.1 Å². The van der Waals surface area contributed by atoms with Crippen LogP contribution in [0.25, 0.3) is 0 Å². The lowest BCUT2D eigenvalue weighted by atomic mass is 9.83. The van der Waals surface area contributed by atoms with E-state index in [9.17, 15) is 4.79 Å². The molecule has 0 bridgehead atoms. The molecular weight excluding hydrogens is 188 g/mol. The van der Waals surface area contributed by atoms with Gasteiger partial charge >= 0.3 is 0 Å². The first-order valence-electron chi connectivity index (χ1n) is 6.02. The van der Waals surface area contributed by atoms with Crippen molar-refractivity contribution in [1.29, 1.82) is 0 Å². The normalized spacial score (nSPS) is 22.5. The molecule has 0 heterocycles. The van der Waals surface area contributed by atoms with Crippen molar-refractivity contribution in [2.75, 3.05) is 0 Å². The minimum atomic E-state index is -0.372. The summed E-state index contributed by atoms with van der Waals surface area (Å²) in [5, 5.41) is 3.11. The fourth-order valence-electron chi connectivity index (χ4n) is 2.14. The average Bonchev–Trinajstić information content (AvgIpc) is 2.16. The second-order valence-electron chi connectivity index (χ2n) is 5.38. The first kappa shape index (κ1) is 12.5. The molecule has 3 heteroatoms. The summed E-state index contributed by atoms with van der Waals surface area (Å²) in [7, 11) is 0. The van der Waals surface area contributed by atoms with E-state index in [1.165, 1.54) is 19.3 Å². The van der Waals surface area contributed by atoms with Crippen LogP contribution in [-0.2, 0) is 4.79 Å². The van der Waals surface area contributed by atoms with Crippen molar-refractivity contribution in [3.63, 3.8) is 0 Å². The van der Waals surface area contributed by atoms with Crippen LogP contribution in [0.15, 0.2) is 0 Å². The Kier molecular flexibility index (Phi) is 4.14. The van der Waals surface area contributed by atoms with Crippen LogP contribution >= 0.6 is 0 Å². The Morgan fingerprint density at radius 3 is 2.27 bits per heavy atom. The van der Waals surface area contributed by atoms with Crippen molar-refractivity contribution in [1.82, 2.24) is 5.32 Å². The second kappa shape index (κ2) is 4.97. The lowest BCUT2D eigenvalue weighted by Gasteiger charge is -2.35. The fraction of sp³-hybridized carbons (Fsp3) is 0.917. The Morgan fingerprint density at radius 2 is 1.80 bits per heavy atom. The molecule has 15 heavy (non-hydrogen) atoms. The first-order valence-corrected chi connectivity index (χ1v) is 6.02. The fourth-order valence-corrected chi connectivity index (χ4v) is 2.14. The van der Waals surface area contributed by atoms with Gasteiger partial charge in [0.05, 0.1) is 6.04 Å². The minimum Gasteiger partial charge on any atom is -0.350 e. The number of nitrogens with one attached hydrogen (secondary N) is 1. The highest BCUT2D eigenvalue weighted by atomic mass is 16.2. The van der Waals surface area contributed by atoms with Crippen LogP contribution in [0.1, 0.15) is 52.9 Å². The van der Waals surface area contributed by atoms with Gasteiger partial charge in [0.15, 0.2) is 0 Å². The van der Waals surface area contributed by atoms with E-state index in [-0.39, 0.29) is 23.4 Å². The molecule has 1 atom stereocenters. The average molecular weight is 212 g/mol. The van der Waals surface area contributed by atoms with Crippen molar-refractivity contribution in [3.05, 3.63) is 0 Å². The highest BCUT2D eigenvalue weighted by Gasteiger charge is 2.30. The molecular formula is C12H24N2O. The third-order valence-corrected chi connectivity index (χ3v) is 3.40. The summed E-state index contributed by atoms with van der Waals surface area (Å²) in [5.41, 5.74) is 5.81. The lowest BCUT2D eigenvalue weighted by Crippen LogP contribution is -2.54. The number of hydrogen-bond donors (Lipinski definition) is 2. The smallest absolute Gasteiger partial charge is 0.237 e. The summed E-state index contributed by atoms with van der Waals surface area (Å²) < 4.78 is 0. The molecule has 0 aliphatic heterocycles. The Morgan fingerprint density at radius 1 is 1.27 bits per heavy atom. The lowest BCUT2D eigenvalue weighted by molar-refractivity contribution is -0.125. The maximum atomic E-state index is 11.8. The van der Waals surface area contributed by atoms with Crippen LogP contribution in [0.5, 0.6) is 0 Å². The third kappa shape index (κ3) is 3.49. The van der Waals surface area contributed by atoms with Gasteiger partial charge < -0.3 is 11.1 Å². The molecule has 3 nitrogen and oxygen atoms in total. The SMILES string of the molecule is CC(C)[C@H](N)C(=O)NC1(C)CCCCC1. The van der Waals surface area contributed by atoms with E-state index in [0.717, 1.165) is 12.8 Å². The van der Waals surface area contributed by atoms with Crippen LogP contribution < -0.4 is 11.1 Å². The van der Waals surface area contributed by atoms with Gasteiger partial charge in [0.2, 0.25) is 5.91 Å². The Labute approximate surface area is 92.8 Å². The molecule has 1 rings (SSSR count). The van der Waals surface area contributed by atoms with Gasteiger partial charge in [-0.3, -0.25) is 4.79 Å². The number of nitrogens with two attached hydrogens (primary N) is 1. The molecule has 0 aromatic carbocycles. The van der Waals surface area contributed by atoms with Gasteiger partial charge in [-0.25, -0.2) is 0 Å². The Hall–Kier alpha value is -0.570. The minimum absolute atomic E-state index is 0.00870. The number of carbonyl (C=O) groups excluding carboxylic acids is 1. The summed E-state index contributed by atoms with van der Waals surface area (Å²) in [6, 6.07) is -0.372. The van der Waals surface area contributed by atoms with Crippen LogP contribution in [0.3, 0.4) is 0 Å². The summed E-state index contributed by atoms with van der Waals surface area (Å²) >= 11 is 0. The molecule has 0 aromatic rings. The summed E-state index contributed by atoms with van der Waals surface area (Å²) in [6.07, 6.45) is 5.90. The van der Waals surface area contributed by atoms with Gasteiger partial charge in [0, 0.05) is 5.54 Å². The van der Waals surface area contributed by atoms with Crippen LogP contribution in [0.2, 0.25) is 0 Å². The molecule has 3 N–H and O–H groups in total. The molecule has 1 aliphatic carbocycles. The molecule has 1 saturated carbocycles. The summed E-state index contributed by atoms with van der Waals surface area (Å²) in [5.74, 6) is 0.214. The van der Waals surface area contributed by atoms with Gasteiger partial charge in [0.1, 0.15) is 0 Å². The van der Waals surface area contributed by atoms with Crippen molar-refractivity contribution in [2.45, 2.75) is 64.5 Å². The predicted molar refractivity (Wildman–Crippen MR) is 62.4 cm³/mol. The highest BCUT2D eigenvalue weighted by Crippen LogP contribution is 2.27. The maximum absolute atomic E-state index is 11.8. The molecule has 0 spiro atoms. The van der Waals surface area contributed by atoms with E-state index in [1.807, 2.05) is 13.8 Å². The quantitative estimate of drug-likeness (QED) is 0.749. The number of hydrogen-bond acceptors (Lipinski definition) is 2. The van der Waals surface area contributed by atoms with Crippen molar-refractivity contribution >= 4 is 5.91 Å². The molecule has 0 aromatic heterocycles. The van der Waals surface area contributed by atoms with E-state index in [2.05, 4.69) is 12.2 Å². The number of amides is 1. The van der Waals surface area contributed by atoms with E-state index in [4.69, 9.17) is 5.73 Å². The van der Waals surface area contributed by atoms with E-state index in [0.29, 0.717) is 0 Å². The van der Waals surface area contributed by atoms with Crippen molar-refractivity contribution in [3.8, 4) is 0 Å². The third-order valence-electron chi connectivity index (χ3n) is 3.40. The van der Waals surface area contributed by atoms with Gasteiger partial charge in [-0.1, -0.05) is 33.1 Å². The predicted octanol–water partition coefficient (Wildman–Crippen LogP) is 1.81. The molecule has 88 valence electrons. The van der Waals surface area contributed by atoms with E-state index < -0.39 is 0 Å².